The number of aromatic nitrogens is 4. The van der Waals surface area contributed by atoms with E-state index in [4.69, 9.17) is 4.98 Å². The van der Waals surface area contributed by atoms with Crippen LogP contribution < -0.4 is 16.0 Å². The Kier molecular flexibility index (Phi) is 7.79. The minimum atomic E-state index is -0.133. The van der Waals surface area contributed by atoms with Crippen molar-refractivity contribution in [3.63, 3.8) is 0 Å². The zero-order valence-electron chi connectivity index (χ0n) is 22.8. The van der Waals surface area contributed by atoms with Crippen molar-refractivity contribution < 1.29 is 9.59 Å². The fourth-order valence-corrected chi connectivity index (χ4v) is 5.99. The number of nitrogens with zero attached hydrogens (tertiary/aromatic N) is 4. The van der Waals surface area contributed by atoms with Crippen molar-refractivity contribution in [2.24, 2.45) is 5.92 Å². The van der Waals surface area contributed by atoms with E-state index in [0.29, 0.717) is 41.5 Å². The second-order valence-electron chi connectivity index (χ2n) is 11.4. The highest BCUT2D eigenvalue weighted by Gasteiger charge is 2.27. The van der Waals surface area contributed by atoms with Gasteiger partial charge in [-0.1, -0.05) is 33.4 Å². The van der Waals surface area contributed by atoms with Crippen LogP contribution in [0.25, 0.3) is 11.0 Å². The van der Waals surface area contributed by atoms with Gasteiger partial charge in [-0.25, -0.2) is 9.97 Å². The van der Waals surface area contributed by atoms with Gasteiger partial charge >= 0.3 is 0 Å². The van der Waals surface area contributed by atoms with E-state index in [1.165, 1.54) is 6.42 Å². The van der Waals surface area contributed by atoms with Gasteiger partial charge in [-0.05, 0) is 56.7 Å². The smallest absolute Gasteiger partial charge is 0.252 e. The van der Waals surface area contributed by atoms with Crippen molar-refractivity contribution in [1.82, 2.24) is 30.2 Å². The van der Waals surface area contributed by atoms with E-state index in [-0.39, 0.29) is 30.4 Å². The summed E-state index contributed by atoms with van der Waals surface area (Å²) in [6, 6.07) is 6.48. The van der Waals surface area contributed by atoms with Gasteiger partial charge in [-0.2, -0.15) is 4.98 Å². The fraction of sp³-hybridized carbons (Fsp3) is 0.536. The summed E-state index contributed by atoms with van der Waals surface area (Å²) in [6.45, 7) is 8.83. The molecule has 1 saturated carbocycles. The van der Waals surface area contributed by atoms with Gasteiger partial charge in [0.2, 0.25) is 12.7 Å². The average Bonchev–Trinajstić information content (AvgIpc) is 3.54. The number of hydrogen-bond donors (Lipinski definition) is 3. The Hall–Kier alpha value is -3.27. The number of pyridine rings is 1. The molecule has 3 unspecified atom stereocenters. The molecule has 9 nitrogen and oxygen atoms in total. The number of amides is 1. The number of nitrogens with one attached hydrogen (secondary N) is 3. The van der Waals surface area contributed by atoms with Crippen LogP contribution in [0.4, 0.5) is 11.8 Å². The van der Waals surface area contributed by atoms with Crippen LogP contribution in [-0.4, -0.2) is 56.5 Å². The zero-order valence-corrected chi connectivity index (χ0v) is 22.8. The Bertz CT molecular complexity index is 1290. The maximum Gasteiger partial charge on any atom is 0.252 e. The molecule has 38 heavy (non-hydrogen) atoms. The van der Waals surface area contributed by atoms with Gasteiger partial charge in [-0.3, -0.25) is 4.79 Å². The first-order chi connectivity index (χ1) is 18.3. The SMILES string of the molecule is CB(C)C(=O)c1cc2cnc(Nc3ccc(C(=O)NCC4CC(C)CC(C)N4)cn3)nc2n1C1CCCC1. The van der Waals surface area contributed by atoms with Gasteiger partial charge in [0, 0.05) is 42.5 Å². The molecule has 3 aromatic rings. The molecular formula is C28H38BN7O2. The Morgan fingerprint density at radius 2 is 1.89 bits per heavy atom. The second kappa shape index (κ2) is 11.2. The molecule has 1 aliphatic heterocycles. The second-order valence-corrected chi connectivity index (χ2v) is 11.4. The van der Waals surface area contributed by atoms with Gasteiger partial charge in [0.25, 0.3) is 5.91 Å². The highest BCUT2D eigenvalue weighted by Crippen LogP contribution is 2.35. The highest BCUT2D eigenvalue weighted by atomic mass is 16.1. The third kappa shape index (κ3) is 5.75. The van der Waals surface area contributed by atoms with Crippen LogP contribution in [0, 0.1) is 5.92 Å². The minimum absolute atomic E-state index is 0.0871. The summed E-state index contributed by atoms with van der Waals surface area (Å²) in [5.41, 5.74) is 2.13. The quantitative estimate of drug-likeness (QED) is 0.374. The summed E-state index contributed by atoms with van der Waals surface area (Å²) in [4.78, 5) is 39.3. The topological polar surface area (TPSA) is 114 Å². The van der Waals surface area contributed by atoms with Crippen LogP contribution >= 0.6 is 0 Å². The van der Waals surface area contributed by atoms with Crippen molar-refractivity contribution in [2.75, 3.05) is 11.9 Å². The first-order valence-electron chi connectivity index (χ1n) is 14.0. The molecule has 2 aliphatic rings. The molecule has 200 valence electrons. The summed E-state index contributed by atoms with van der Waals surface area (Å²) in [5, 5.41) is 10.6. The third-order valence-electron chi connectivity index (χ3n) is 7.78. The average molecular weight is 515 g/mol. The summed E-state index contributed by atoms with van der Waals surface area (Å²) < 4.78 is 2.13. The molecule has 3 aromatic heterocycles. The molecule has 1 aliphatic carbocycles. The summed E-state index contributed by atoms with van der Waals surface area (Å²) in [7, 11) is 0. The lowest BCUT2D eigenvalue weighted by molar-refractivity contribution is 0.0943. The van der Waals surface area contributed by atoms with Gasteiger partial charge in [0.1, 0.15) is 17.1 Å². The van der Waals surface area contributed by atoms with E-state index in [9.17, 15) is 9.59 Å². The number of fused-ring (bicyclic) bond motifs is 1. The van der Waals surface area contributed by atoms with Crippen LogP contribution in [0.5, 0.6) is 0 Å². The van der Waals surface area contributed by atoms with Crippen molar-refractivity contribution in [3.05, 3.63) is 41.9 Å². The molecule has 1 amide bonds. The summed E-state index contributed by atoms with van der Waals surface area (Å²) in [5.74, 6) is 1.49. The Labute approximate surface area is 224 Å². The van der Waals surface area contributed by atoms with Gasteiger partial charge in [-0.15, -0.1) is 0 Å². The Morgan fingerprint density at radius 1 is 1.11 bits per heavy atom. The fourth-order valence-electron chi connectivity index (χ4n) is 5.99. The molecule has 4 heterocycles. The number of carbonyl (C=O) groups is 2. The van der Waals surface area contributed by atoms with Crippen LogP contribution in [0.3, 0.4) is 0 Å². The van der Waals surface area contributed by atoms with E-state index in [1.807, 2.05) is 19.7 Å². The number of carbonyl (C=O) groups excluding carboxylic acids is 2. The van der Waals surface area contributed by atoms with Crippen molar-refractivity contribution in [2.45, 2.75) is 84.1 Å². The van der Waals surface area contributed by atoms with Crippen LogP contribution in [-0.2, 0) is 0 Å². The number of rotatable bonds is 8. The van der Waals surface area contributed by atoms with Gasteiger partial charge in [0.15, 0.2) is 0 Å². The standard InChI is InChI=1S/C28H38BN7O2/c1-17-11-18(2)33-21(12-17)16-31-27(38)19-9-10-24(30-14-19)34-28-32-15-20-13-23(25(37)29(3)4)36(26(20)35-28)22-7-5-6-8-22/h9-10,13-15,17-18,21-22,33H,5-8,11-12,16H2,1-4H3,(H,31,38)(H,30,32,34,35). The first kappa shape index (κ1) is 26.3. The molecule has 0 bridgehead atoms. The first-order valence-corrected chi connectivity index (χ1v) is 14.0. The Morgan fingerprint density at radius 3 is 2.58 bits per heavy atom. The van der Waals surface area contributed by atoms with Crippen molar-refractivity contribution in [1.29, 1.82) is 0 Å². The molecule has 0 radical (unpaired) electrons. The lowest BCUT2D eigenvalue weighted by Crippen LogP contribution is -2.49. The van der Waals surface area contributed by atoms with Gasteiger partial charge < -0.3 is 25.3 Å². The molecule has 5 rings (SSSR count). The predicted octanol–water partition coefficient (Wildman–Crippen LogP) is 4.67. The van der Waals surface area contributed by atoms with Gasteiger partial charge in [0.05, 0.1) is 11.3 Å². The van der Waals surface area contributed by atoms with Crippen LogP contribution in [0.2, 0.25) is 13.6 Å². The lowest BCUT2D eigenvalue weighted by atomic mass is 9.50. The summed E-state index contributed by atoms with van der Waals surface area (Å²) >= 11 is 0. The van der Waals surface area contributed by atoms with E-state index < -0.39 is 0 Å². The molecule has 3 atom stereocenters. The highest BCUT2D eigenvalue weighted by molar-refractivity contribution is 6.90. The lowest BCUT2D eigenvalue weighted by Gasteiger charge is -2.33. The summed E-state index contributed by atoms with van der Waals surface area (Å²) in [6.07, 6.45) is 9.98. The van der Waals surface area contributed by atoms with Crippen LogP contribution in [0.1, 0.15) is 79.3 Å². The van der Waals surface area contributed by atoms with Crippen LogP contribution in [0.15, 0.2) is 30.6 Å². The maximum atomic E-state index is 13.0. The number of piperidine rings is 1. The van der Waals surface area contributed by atoms with E-state index in [1.54, 1.807) is 24.5 Å². The zero-order chi connectivity index (χ0) is 26.8. The molecule has 0 aromatic carbocycles. The van der Waals surface area contributed by atoms with E-state index in [2.05, 4.69) is 44.3 Å². The molecule has 0 spiro atoms. The predicted molar refractivity (Wildman–Crippen MR) is 151 cm³/mol. The molecular weight excluding hydrogens is 477 g/mol. The van der Waals surface area contributed by atoms with Crippen molar-refractivity contribution in [3.8, 4) is 0 Å². The largest absolute Gasteiger partial charge is 0.350 e. The number of hydrogen-bond acceptors (Lipinski definition) is 7. The Balaban J connectivity index is 1.29. The molecule has 10 heteroatoms. The third-order valence-corrected chi connectivity index (χ3v) is 7.78. The molecule has 3 N–H and O–H groups in total. The molecule has 2 fully saturated rings. The maximum absolute atomic E-state index is 13.0. The normalized spacial score (nSPS) is 21.9. The molecule has 1 saturated heterocycles. The number of anilines is 2. The monoisotopic (exact) mass is 515 g/mol. The van der Waals surface area contributed by atoms with E-state index >= 15 is 0 Å². The van der Waals surface area contributed by atoms with Crippen molar-refractivity contribution >= 4 is 41.1 Å². The van der Waals surface area contributed by atoms with E-state index in [0.717, 1.165) is 43.1 Å². The minimum Gasteiger partial charge on any atom is -0.350 e.